The maximum absolute atomic E-state index is 13.1. The number of rotatable bonds is 32. The zero-order valence-electron chi connectivity index (χ0n) is 52.8. The number of nitrogens with one attached hydrogen (secondary N) is 3. The minimum Gasteiger partial charge on any atom is -0.447 e. The van der Waals surface area contributed by atoms with E-state index in [4.69, 9.17) is 80.8 Å². The highest BCUT2D eigenvalue weighted by Crippen LogP contribution is 2.38. The summed E-state index contributed by atoms with van der Waals surface area (Å²) in [5.74, 6) is -2.00. The van der Waals surface area contributed by atoms with Crippen molar-refractivity contribution in [1.29, 1.82) is 0 Å². The molecule has 0 aromatic carbocycles. The average Bonchev–Trinajstić information content (AvgIpc) is 0.780. The van der Waals surface area contributed by atoms with Gasteiger partial charge in [-0.05, 0) is 33.1 Å². The summed E-state index contributed by atoms with van der Waals surface area (Å²) >= 11 is 0. The van der Waals surface area contributed by atoms with Gasteiger partial charge < -0.3 is 178 Å². The molecule has 0 saturated carbocycles. The number of aliphatic hydroxyl groups excluding tert-OH is 16. The Balaban J connectivity index is 1.22. The van der Waals surface area contributed by atoms with Crippen molar-refractivity contribution >= 4 is 25.5 Å². The lowest BCUT2D eigenvalue weighted by atomic mass is 9.92. The Morgan fingerprint density at radius 1 is 0.484 bits per heavy atom. The van der Waals surface area contributed by atoms with Crippen LogP contribution in [0.25, 0.3) is 0 Å². The molecule has 40 nitrogen and oxygen atoms in total. The third-order valence-electron chi connectivity index (χ3n) is 16.4. The monoisotopic (exact) mass is 1410 g/mol. The topological polar surface area (TPSA) is 607 Å². The maximum atomic E-state index is 13.1. The maximum Gasteiger partial charge on any atom is 0.407 e. The summed E-state index contributed by atoms with van der Waals surface area (Å²) < 4.78 is 97.9. The Morgan fingerprint density at radius 3 is 1.47 bits per heavy atom. The third-order valence-corrected chi connectivity index (χ3v) is 17.1. The molecule has 95 heavy (non-hydrogen) atoms. The van der Waals surface area contributed by atoms with E-state index in [1.54, 1.807) is 20.8 Å². The lowest BCUT2D eigenvalue weighted by molar-refractivity contribution is -0.385. The van der Waals surface area contributed by atoms with Gasteiger partial charge >= 0.3 is 13.7 Å². The molecule has 0 aromatic heterocycles. The van der Waals surface area contributed by atoms with Crippen LogP contribution in [0.15, 0.2) is 0 Å². The molecule has 21 N–H and O–H groups in total. The predicted molar refractivity (Wildman–Crippen MR) is 306 cm³/mol. The normalized spacial score (nSPS) is 41.6. The van der Waals surface area contributed by atoms with Gasteiger partial charge in [-0.15, -0.1) is 0 Å². The molecular weight excluding hydrogens is 1310 g/mol. The van der Waals surface area contributed by atoms with Crippen molar-refractivity contribution in [2.45, 2.75) is 238 Å². The number of alkyl carbamates (subject to hydrolysis) is 1. The van der Waals surface area contributed by atoms with Crippen LogP contribution in [-0.2, 0) is 85.2 Å². The van der Waals surface area contributed by atoms with Crippen LogP contribution >= 0.6 is 7.60 Å². The highest BCUT2D eigenvalue weighted by molar-refractivity contribution is 7.51. The van der Waals surface area contributed by atoms with Gasteiger partial charge in [-0.2, -0.15) is 0 Å². The van der Waals surface area contributed by atoms with Crippen LogP contribution in [-0.4, -0.2) is 378 Å². The summed E-state index contributed by atoms with van der Waals surface area (Å²) in [4.78, 5) is 56.4. The Bertz CT molecular complexity index is 2390. The zero-order chi connectivity index (χ0) is 70.6. The van der Waals surface area contributed by atoms with E-state index >= 15 is 0 Å². The smallest absolute Gasteiger partial charge is 0.407 e. The molecule has 0 aromatic rings. The van der Waals surface area contributed by atoms with E-state index in [-0.39, 0.29) is 51.9 Å². The molecule has 31 atom stereocenters. The number of carbonyl (C=O) groups is 3. The first-order chi connectivity index (χ1) is 44.6. The average molecular weight is 1410 g/mol. The van der Waals surface area contributed by atoms with Gasteiger partial charge in [-0.1, -0.05) is 6.92 Å². The van der Waals surface area contributed by atoms with Crippen molar-refractivity contribution in [3.8, 4) is 0 Å². The summed E-state index contributed by atoms with van der Waals surface area (Å²) in [6, 6.07) is -3.42. The van der Waals surface area contributed by atoms with Crippen molar-refractivity contribution in [3.05, 3.63) is 0 Å². The molecule has 6 heterocycles. The summed E-state index contributed by atoms with van der Waals surface area (Å²) in [7, 11) is -4.21. The number of aliphatic hydroxyl groups is 16. The molecule has 41 heteroatoms. The molecule has 27 unspecified atom stereocenters. The van der Waals surface area contributed by atoms with E-state index in [1.165, 1.54) is 6.92 Å². The Hall–Kier alpha value is -2.84. The number of ether oxygens (including phenoxy) is 15. The van der Waals surface area contributed by atoms with Gasteiger partial charge in [-0.3, -0.25) is 14.2 Å². The predicted octanol–water partition coefficient (Wildman–Crippen LogP) is -11.0. The number of hydrogen-bond acceptors (Lipinski definition) is 35. The fourth-order valence-corrected chi connectivity index (χ4v) is 11.8. The second kappa shape index (κ2) is 36.7. The largest absolute Gasteiger partial charge is 0.447 e. The van der Waals surface area contributed by atoms with Gasteiger partial charge in [0.2, 0.25) is 11.8 Å². The van der Waals surface area contributed by atoms with Gasteiger partial charge in [0.1, 0.15) is 147 Å². The summed E-state index contributed by atoms with van der Waals surface area (Å²) in [5.41, 5.74) is -1.25. The number of carbonyl (C=O) groups excluding carboxylic acids is 3. The number of amides is 3. The molecule has 6 aliphatic heterocycles. The first-order valence-corrected chi connectivity index (χ1v) is 32.5. The van der Waals surface area contributed by atoms with E-state index in [0.29, 0.717) is 0 Å². The Morgan fingerprint density at radius 2 is 0.916 bits per heavy atom. The van der Waals surface area contributed by atoms with E-state index < -0.39 is 254 Å². The molecule has 0 radical (unpaired) electrons. The van der Waals surface area contributed by atoms with Crippen LogP contribution in [0.3, 0.4) is 0 Å². The highest BCUT2D eigenvalue weighted by atomic mass is 31.2. The third kappa shape index (κ3) is 22.1. The van der Waals surface area contributed by atoms with Crippen molar-refractivity contribution in [2.24, 2.45) is 5.92 Å². The van der Waals surface area contributed by atoms with Crippen LogP contribution in [0.1, 0.15) is 48.0 Å². The van der Waals surface area contributed by atoms with Crippen molar-refractivity contribution < 1.29 is 181 Å². The van der Waals surface area contributed by atoms with E-state index in [9.17, 15) is 101 Å². The SMILES string of the molecule is CC(=O)NC1C(OC2C(CO[C@H]3O[C@@H](C)C(O)C(O)C3O)OC(OC(C)(C)CC(C)CNC(=O)OCCOCCOCCP(=O)(O)O)C(NC(C)=O)C2O)OC(CO)C(OC2OC(COC3OC(CO)C(O)C(O)C3O)C(O)C(O[C@H]3O[C@@H](CO)C(O)C(O)C3O)C2O)C1O. The van der Waals surface area contributed by atoms with Gasteiger partial charge in [-0.25, -0.2) is 4.79 Å². The molecule has 6 saturated heterocycles. The standard InChI is InChI=1S/C54H96N3O37P/c1-20(14-55-53(76)82-10-9-80-7-8-81-11-12-95(77,78)79)13-54(5,6)94-48-30(57-23(4)62)36(68)45(28(90-48)19-84-49-40(72)37(69)31(63)21(2)85-49)91-47-29(56-22(3)61)35(67)44(26(17-60)88-47)92-52-43(75)46(93-51-42(74)39(71)33(65)25(16-59)87-51)34(66)27(89-52)18-83-50-41(73)38(70)32(64)24(15-58)86-50/h20-21,24-52,58-60,63-75H,7-19H2,1-6H3,(H,55,76)(H,56,61)(H,57,62)(H2,77,78,79)/t20?,21-,24?,25-,26?,27?,28?,29?,30?,31?,32?,33?,34?,35?,36?,37?,38?,39?,40?,41?,42?,43?,44?,45?,46?,47?,48?,49-,50?,51+,52?/m0/s1. The van der Waals surface area contributed by atoms with E-state index in [1.807, 2.05) is 0 Å². The highest BCUT2D eigenvalue weighted by Gasteiger charge is 2.58. The molecule has 0 aliphatic carbocycles. The summed E-state index contributed by atoms with van der Waals surface area (Å²) in [5, 5.41) is 182. The quantitative estimate of drug-likeness (QED) is 0.0220. The molecular formula is C54H96N3O37P. The van der Waals surface area contributed by atoms with Crippen LogP contribution in [0.4, 0.5) is 4.79 Å². The number of hydrogen-bond donors (Lipinski definition) is 21. The van der Waals surface area contributed by atoms with Crippen LogP contribution in [0.5, 0.6) is 0 Å². The fraction of sp³-hybridized carbons (Fsp3) is 0.944. The van der Waals surface area contributed by atoms with Crippen molar-refractivity contribution in [2.75, 3.05) is 78.8 Å². The second-order valence-electron chi connectivity index (χ2n) is 24.6. The molecule has 0 spiro atoms. The van der Waals surface area contributed by atoms with E-state index in [2.05, 4.69) is 16.0 Å². The minimum absolute atomic E-state index is 0.0215. The van der Waals surface area contributed by atoms with Gasteiger partial charge in [0, 0.05) is 20.4 Å². The molecule has 3 amide bonds. The lowest BCUT2D eigenvalue weighted by Crippen LogP contribution is -2.71. The van der Waals surface area contributed by atoms with Crippen molar-refractivity contribution in [1.82, 2.24) is 16.0 Å². The van der Waals surface area contributed by atoms with Crippen LogP contribution in [0, 0.1) is 5.92 Å². The van der Waals surface area contributed by atoms with Crippen LogP contribution in [0.2, 0.25) is 0 Å². The summed E-state index contributed by atoms with van der Waals surface area (Å²) in [6.45, 7) is 3.67. The second-order valence-corrected chi connectivity index (χ2v) is 26.4. The van der Waals surface area contributed by atoms with Gasteiger partial charge in [0.05, 0.1) is 77.3 Å². The van der Waals surface area contributed by atoms with E-state index in [0.717, 1.165) is 13.8 Å². The molecule has 6 aliphatic rings. The molecule has 554 valence electrons. The zero-order valence-corrected chi connectivity index (χ0v) is 53.7. The first kappa shape index (κ1) is 81.1. The van der Waals surface area contributed by atoms with Crippen molar-refractivity contribution in [3.63, 3.8) is 0 Å². The molecule has 0 bridgehead atoms. The minimum atomic E-state index is -4.21. The molecule has 6 rings (SSSR count). The first-order valence-electron chi connectivity index (χ1n) is 30.7. The van der Waals surface area contributed by atoms with Gasteiger partial charge in [0.15, 0.2) is 37.7 Å². The lowest BCUT2D eigenvalue weighted by Gasteiger charge is -2.51. The Labute approximate surface area is 544 Å². The fourth-order valence-electron chi connectivity index (χ4n) is 11.4. The Kier molecular flexibility index (Phi) is 31.3. The summed E-state index contributed by atoms with van der Waals surface area (Å²) in [6.07, 6.45) is -53.4. The van der Waals surface area contributed by atoms with Crippen LogP contribution < -0.4 is 16.0 Å². The van der Waals surface area contributed by atoms with Gasteiger partial charge in [0.25, 0.3) is 0 Å². The molecule has 6 fully saturated rings.